The number of nitrogens with one attached hydrogen (secondary N) is 2. The van der Waals surface area contributed by atoms with Gasteiger partial charge in [0.25, 0.3) is 15.9 Å². The van der Waals surface area contributed by atoms with E-state index in [1.165, 1.54) is 12.1 Å². The number of para-hydroxylation sites is 1. The molecule has 0 radical (unpaired) electrons. The number of anilines is 2. The van der Waals surface area contributed by atoms with Gasteiger partial charge in [-0.2, -0.15) is 0 Å². The van der Waals surface area contributed by atoms with Crippen LogP contribution in [0.4, 0.5) is 11.4 Å². The molecule has 0 unspecified atom stereocenters. The first-order chi connectivity index (χ1) is 12.8. The van der Waals surface area contributed by atoms with Crippen molar-refractivity contribution in [1.82, 2.24) is 0 Å². The zero-order valence-electron chi connectivity index (χ0n) is 13.8. The Labute approximate surface area is 170 Å². The summed E-state index contributed by atoms with van der Waals surface area (Å²) in [4.78, 5) is 12.4. The van der Waals surface area contributed by atoms with Gasteiger partial charge in [0.15, 0.2) is 0 Å². The van der Waals surface area contributed by atoms with Gasteiger partial charge in [0, 0.05) is 15.7 Å². The van der Waals surface area contributed by atoms with Gasteiger partial charge in [-0.05, 0) is 48.5 Å². The van der Waals surface area contributed by atoms with Gasteiger partial charge >= 0.3 is 0 Å². The minimum atomic E-state index is -3.86. The maximum absolute atomic E-state index is 12.6. The van der Waals surface area contributed by atoms with Gasteiger partial charge in [0.1, 0.15) is 0 Å². The van der Waals surface area contributed by atoms with Crippen molar-refractivity contribution in [3.05, 3.63) is 87.9 Å². The molecule has 5 nitrogen and oxygen atoms in total. The van der Waals surface area contributed by atoms with Crippen LogP contribution in [0.2, 0.25) is 5.02 Å². The minimum absolute atomic E-state index is 0.00876. The van der Waals surface area contributed by atoms with Gasteiger partial charge in [0.2, 0.25) is 0 Å². The van der Waals surface area contributed by atoms with Gasteiger partial charge in [-0.3, -0.25) is 9.52 Å². The number of carbonyl (C=O) groups excluding carboxylic acids is 1. The van der Waals surface area contributed by atoms with Gasteiger partial charge < -0.3 is 5.32 Å². The fourth-order valence-corrected chi connectivity index (χ4v) is 4.09. The number of sulfonamides is 1. The number of amides is 1. The lowest BCUT2D eigenvalue weighted by Crippen LogP contribution is -2.15. The van der Waals surface area contributed by atoms with Gasteiger partial charge in [-0.25, -0.2) is 8.42 Å². The average Bonchev–Trinajstić information content (AvgIpc) is 2.64. The van der Waals surface area contributed by atoms with Crippen LogP contribution in [0.1, 0.15) is 10.4 Å². The van der Waals surface area contributed by atoms with Crippen LogP contribution in [0.5, 0.6) is 0 Å². The normalized spacial score (nSPS) is 11.0. The molecular formula is C19H14BrClN2O3S. The van der Waals surface area contributed by atoms with Crippen LogP contribution in [0.25, 0.3) is 0 Å². The van der Waals surface area contributed by atoms with E-state index < -0.39 is 10.0 Å². The smallest absolute Gasteiger partial charge is 0.262 e. The van der Waals surface area contributed by atoms with Gasteiger partial charge in [-0.1, -0.05) is 51.8 Å². The maximum Gasteiger partial charge on any atom is 0.262 e. The highest BCUT2D eigenvalue weighted by atomic mass is 79.9. The van der Waals surface area contributed by atoms with Crippen molar-refractivity contribution in [2.45, 2.75) is 4.90 Å². The van der Waals surface area contributed by atoms with E-state index in [-0.39, 0.29) is 16.5 Å². The molecule has 0 spiro atoms. The van der Waals surface area contributed by atoms with Crippen molar-refractivity contribution >= 4 is 54.8 Å². The van der Waals surface area contributed by atoms with Crippen LogP contribution in [0.3, 0.4) is 0 Å². The first kappa shape index (κ1) is 19.4. The molecular weight excluding hydrogens is 452 g/mol. The number of halogens is 2. The molecule has 3 rings (SSSR count). The predicted octanol–water partition coefficient (Wildman–Crippen LogP) is 5.16. The van der Waals surface area contributed by atoms with E-state index in [0.29, 0.717) is 16.3 Å². The number of hydrogen-bond donors (Lipinski definition) is 2. The summed E-state index contributed by atoms with van der Waals surface area (Å²) in [7, 11) is -3.86. The van der Waals surface area contributed by atoms with Crippen LogP contribution >= 0.6 is 27.5 Å². The lowest BCUT2D eigenvalue weighted by molar-refractivity contribution is 0.102. The molecule has 0 aliphatic rings. The molecule has 0 aromatic heterocycles. The van der Waals surface area contributed by atoms with Crippen molar-refractivity contribution < 1.29 is 13.2 Å². The fourth-order valence-electron chi connectivity index (χ4n) is 2.32. The summed E-state index contributed by atoms with van der Waals surface area (Å²) in [6, 6.07) is 19.4. The standard InChI is InChI=1S/C19H14BrClN2O3S/c20-14-6-3-5-13(11-14)19(24)22-15-7-4-8-16(12-15)27(25,26)23-18-10-2-1-9-17(18)21/h1-12,23H,(H,22,24). The molecule has 0 atom stereocenters. The molecule has 27 heavy (non-hydrogen) atoms. The lowest BCUT2D eigenvalue weighted by atomic mass is 10.2. The Morgan fingerprint density at radius 2 is 1.67 bits per heavy atom. The van der Waals surface area contributed by atoms with Crippen LogP contribution < -0.4 is 10.0 Å². The van der Waals surface area contributed by atoms with E-state index in [2.05, 4.69) is 26.0 Å². The molecule has 2 N–H and O–H groups in total. The maximum atomic E-state index is 12.6. The molecule has 3 aromatic carbocycles. The van der Waals surface area contributed by atoms with Gasteiger partial charge in [0.05, 0.1) is 15.6 Å². The minimum Gasteiger partial charge on any atom is -0.322 e. The number of hydrogen-bond acceptors (Lipinski definition) is 3. The second-order valence-corrected chi connectivity index (χ2v) is 8.58. The summed E-state index contributed by atoms with van der Waals surface area (Å²) in [5, 5.41) is 2.99. The molecule has 0 heterocycles. The Hall–Kier alpha value is -2.35. The summed E-state index contributed by atoms with van der Waals surface area (Å²) in [6.45, 7) is 0. The van der Waals surface area contributed by atoms with E-state index in [9.17, 15) is 13.2 Å². The topological polar surface area (TPSA) is 75.3 Å². The largest absolute Gasteiger partial charge is 0.322 e. The van der Waals surface area contributed by atoms with Crippen LogP contribution in [-0.2, 0) is 10.0 Å². The first-order valence-corrected chi connectivity index (χ1v) is 10.4. The molecule has 0 saturated carbocycles. The molecule has 0 aliphatic heterocycles. The molecule has 0 aliphatic carbocycles. The van der Waals surface area contributed by atoms with Crippen molar-refractivity contribution in [2.75, 3.05) is 10.0 Å². The predicted molar refractivity (Wildman–Crippen MR) is 111 cm³/mol. The van der Waals surface area contributed by atoms with E-state index in [4.69, 9.17) is 11.6 Å². The zero-order chi connectivity index (χ0) is 19.4. The molecule has 0 saturated heterocycles. The third-order valence-corrected chi connectivity index (χ3v) is 5.79. The zero-order valence-corrected chi connectivity index (χ0v) is 17.0. The summed E-state index contributed by atoms with van der Waals surface area (Å²) >= 11 is 9.32. The highest BCUT2D eigenvalue weighted by molar-refractivity contribution is 9.10. The van der Waals surface area contributed by atoms with Crippen molar-refractivity contribution in [3.63, 3.8) is 0 Å². The van der Waals surface area contributed by atoms with E-state index in [0.717, 1.165) is 4.47 Å². The molecule has 1 amide bonds. The molecule has 0 fully saturated rings. The lowest BCUT2D eigenvalue weighted by Gasteiger charge is -2.11. The Bertz CT molecular complexity index is 1100. The summed E-state index contributed by atoms with van der Waals surface area (Å²) in [5.74, 6) is -0.343. The average molecular weight is 466 g/mol. The summed E-state index contributed by atoms with van der Waals surface area (Å²) < 4.78 is 28.5. The quantitative estimate of drug-likeness (QED) is 0.547. The highest BCUT2D eigenvalue weighted by Crippen LogP contribution is 2.25. The summed E-state index contributed by atoms with van der Waals surface area (Å²) in [6.07, 6.45) is 0. The fraction of sp³-hybridized carbons (Fsp3) is 0. The van der Waals surface area contributed by atoms with Crippen molar-refractivity contribution in [3.8, 4) is 0 Å². The highest BCUT2D eigenvalue weighted by Gasteiger charge is 2.17. The number of benzene rings is 3. The van der Waals surface area contributed by atoms with Crippen molar-refractivity contribution in [1.29, 1.82) is 0 Å². The van der Waals surface area contributed by atoms with Crippen LogP contribution in [-0.4, -0.2) is 14.3 Å². The third kappa shape index (κ3) is 4.88. The van der Waals surface area contributed by atoms with Gasteiger partial charge in [-0.15, -0.1) is 0 Å². The second kappa shape index (κ2) is 8.12. The van der Waals surface area contributed by atoms with E-state index >= 15 is 0 Å². The molecule has 138 valence electrons. The Morgan fingerprint density at radius 1 is 0.926 bits per heavy atom. The number of rotatable bonds is 5. The third-order valence-electron chi connectivity index (χ3n) is 3.61. The monoisotopic (exact) mass is 464 g/mol. The molecule has 0 bridgehead atoms. The number of carbonyl (C=O) groups is 1. The van der Waals surface area contributed by atoms with Crippen molar-refractivity contribution in [2.24, 2.45) is 0 Å². The molecule has 3 aromatic rings. The van der Waals surface area contributed by atoms with E-state index in [1.807, 2.05) is 6.07 Å². The Morgan fingerprint density at radius 3 is 2.41 bits per heavy atom. The van der Waals surface area contributed by atoms with Crippen LogP contribution in [0.15, 0.2) is 82.2 Å². The first-order valence-electron chi connectivity index (χ1n) is 7.79. The van der Waals surface area contributed by atoms with E-state index in [1.54, 1.807) is 54.6 Å². The van der Waals surface area contributed by atoms with Crippen LogP contribution in [0, 0.1) is 0 Å². The Balaban J connectivity index is 1.82. The summed E-state index contributed by atoms with van der Waals surface area (Å²) in [5.41, 5.74) is 1.09. The Kier molecular flexibility index (Phi) is 5.84. The SMILES string of the molecule is O=C(Nc1cccc(S(=O)(=O)Nc2ccccc2Cl)c1)c1cccc(Br)c1. The second-order valence-electron chi connectivity index (χ2n) is 5.58. The molecule has 8 heteroatoms.